The van der Waals surface area contributed by atoms with Crippen LogP contribution in [-0.2, 0) is 10.9 Å². The van der Waals surface area contributed by atoms with E-state index in [9.17, 15) is 22.8 Å². The normalized spacial score (nSPS) is 15.5. The molecule has 0 aliphatic carbocycles. The fraction of sp³-hybridized carbons (Fsp3) is 0.476. The smallest absolute Gasteiger partial charge is 0.435 e. The second kappa shape index (κ2) is 9.01. The molecule has 1 aromatic heterocycles. The van der Waals surface area contributed by atoms with E-state index in [-0.39, 0.29) is 36.0 Å². The first-order valence-electron chi connectivity index (χ1n) is 10.1. The molecule has 2 amide bonds. The minimum absolute atomic E-state index is 0.146. The zero-order chi connectivity index (χ0) is 23.7. The van der Waals surface area contributed by atoms with Crippen molar-refractivity contribution in [2.24, 2.45) is 0 Å². The summed E-state index contributed by atoms with van der Waals surface area (Å²) >= 11 is 6.15. The molecular formula is C21H24ClF3N4O3. The quantitative estimate of drug-likeness (QED) is 0.639. The zero-order valence-electron chi connectivity index (χ0n) is 17.9. The molecule has 2 heterocycles. The number of para-hydroxylation sites is 1. The lowest BCUT2D eigenvalue weighted by Crippen LogP contribution is -2.40. The number of hydrogen-bond donors (Lipinski definition) is 0. The first-order valence-corrected chi connectivity index (χ1v) is 10.4. The van der Waals surface area contributed by atoms with Crippen LogP contribution in [0, 0.1) is 0 Å². The van der Waals surface area contributed by atoms with Crippen molar-refractivity contribution in [3.8, 4) is 5.69 Å². The average Bonchev–Trinajstić information content (AvgIpc) is 2.98. The molecule has 0 radical (unpaired) electrons. The SMILES string of the molecule is CC(C)(C)OC(=O)N1CCCN(C(=O)c2cc(C(F)(F)F)nn2-c2ccccc2Cl)CC1. The highest BCUT2D eigenvalue weighted by atomic mass is 35.5. The molecule has 1 fully saturated rings. The van der Waals surface area contributed by atoms with Crippen LogP contribution >= 0.6 is 11.6 Å². The summed E-state index contributed by atoms with van der Waals surface area (Å²) in [5.74, 6) is -0.626. The Bertz CT molecular complexity index is 1000. The van der Waals surface area contributed by atoms with Crippen LogP contribution in [0.5, 0.6) is 0 Å². The highest BCUT2D eigenvalue weighted by Crippen LogP contribution is 2.31. The van der Waals surface area contributed by atoms with Crippen molar-refractivity contribution >= 4 is 23.6 Å². The number of halogens is 4. The van der Waals surface area contributed by atoms with Gasteiger partial charge in [-0.1, -0.05) is 23.7 Å². The van der Waals surface area contributed by atoms with Crippen LogP contribution in [0.25, 0.3) is 5.69 Å². The third-order valence-electron chi connectivity index (χ3n) is 4.73. The Morgan fingerprint density at radius 2 is 1.66 bits per heavy atom. The monoisotopic (exact) mass is 472 g/mol. The molecule has 0 N–H and O–H groups in total. The lowest BCUT2D eigenvalue weighted by Gasteiger charge is -2.26. The van der Waals surface area contributed by atoms with E-state index in [1.165, 1.54) is 21.9 Å². The molecule has 1 aliphatic heterocycles. The number of benzene rings is 1. The summed E-state index contributed by atoms with van der Waals surface area (Å²) in [6, 6.07) is 6.93. The standard InChI is InChI=1S/C21H24ClF3N4O3/c1-20(2,3)32-19(31)28-10-6-9-27(11-12-28)18(30)16-13-17(21(23,24)25)26-29(16)15-8-5-4-7-14(15)22/h4-5,7-8,13H,6,9-12H2,1-3H3. The van der Waals surface area contributed by atoms with Gasteiger partial charge in [0, 0.05) is 32.2 Å². The van der Waals surface area contributed by atoms with Gasteiger partial charge < -0.3 is 14.5 Å². The van der Waals surface area contributed by atoms with Gasteiger partial charge in [-0.05, 0) is 39.3 Å². The molecule has 11 heteroatoms. The van der Waals surface area contributed by atoms with Crippen LogP contribution in [0.2, 0.25) is 5.02 Å². The molecule has 3 rings (SSSR count). The van der Waals surface area contributed by atoms with Gasteiger partial charge in [0.1, 0.15) is 11.3 Å². The van der Waals surface area contributed by atoms with Crippen molar-refractivity contribution in [3.63, 3.8) is 0 Å². The molecule has 2 aromatic rings. The van der Waals surface area contributed by atoms with Crippen LogP contribution in [0.1, 0.15) is 43.4 Å². The maximum absolute atomic E-state index is 13.4. The van der Waals surface area contributed by atoms with Crippen molar-refractivity contribution < 1.29 is 27.5 Å². The van der Waals surface area contributed by atoms with Gasteiger partial charge in [0.2, 0.25) is 0 Å². The van der Waals surface area contributed by atoms with E-state index in [1.807, 2.05) is 0 Å². The van der Waals surface area contributed by atoms with E-state index >= 15 is 0 Å². The summed E-state index contributed by atoms with van der Waals surface area (Å²) in [4.78, 5) is 28.5. The predicted molar refractivity (Wildman–Crippen MR) is 112 cm³/mol. The van der Waals surface area contributed by atoms with Crippen LogP contribution in [0.4, 0.5) is 18.0 Å². The van der Waals surface area contributed by atoms with Gasteiger partial charge in [-0.3, -0.25) is 4.79 Å². The summed E-state index contributed by atoms with van der Waals surface area (Å²) < 4.78 is 46.3. The van der Waals surface area contributed by atoms with E-state index in [2.05, 4.69) is 5.10 Å². The van der Waals surface area contributed by atoms with E-state index in [1.54, 1.807) is 32.9 Å². The van der Waals surface area contributed by atoms with E-state index in [4.69, 9.17) is 16.3 Å². The van der Waals surface area contributed by atoms with Gasteiger partial charge in [0.05, 0.1) is 10.7 Å². The number of aromatic nitrogens is 2. The number of hydrogen-bond acceptors (Lipinski definition) is 4. The van der Waals surface area contributed by atoms with Crippen molar-refractivity contribution in [3.05, 3.63) is 46.7 Å². The Hall–Kier alpha value is -2.75. The van der Waals surface area contributed by atoms with Gasteiger partial charge in [-0.2, -0.15) is 18.3 Å². The number of carbonyl (C=O) groups is 2. The van der Waals surface area contributed by atoms with Gasteiger partial charge >= 0.3 is 12.3 Å². The first-order chi connectivity index (χ1) is 14.9. The Labute approximate surface area is 188 Å². The Morgan fingerprint density at radius 1 is 1.03 bits per heavy atom. The number of nitrogens with zero attached hydrogens (tertiary/aromatic N) is 4. The summed E-state index contributed by atoms with van der Waals surface area (Å²) in [5, 5.41) is 3.77. The Kier molecular flexibility index (Phi) is 6.73. The summed E-state index contributed by atoms with van der Waals surface area (Å²) in [5.41, 5.74) is -1.94. The summed E-state index contributed by atoms with van der Waals surface area (Å²) in [7, 11) is 0. The molecule has 0 unspecified atom stereocenters. The maximum atomic E-state index is 13.4. The number of amides is 2. The van der Waals surface area contributed by atoms with Crippen LogP contribution in [-0.4, -0.2) is 63.4 Å². The Morgan fingerprint density at radius 3 is 2.28 bits per heavy atom. The highest BCUT2D eigenvalue weighted by molar-refractivity contribution is 6.32. The van der Waals surface area contributed by atoms with E-state index in [0.29, 0.717) is 13.0 Å². The summed E-state index contributed by atoms with van der Waals surface area (Å²) in [6.45, 7) is 6.26. The van der Waals surface area contributed by atoms with Crippen molar-refractivity contribution in [1.29, 1.82) is 0 Å². The molecule has 174 valence electrons. The lowest BCUT2D eigenvalue weighted by atomic mass is 10.2. The fourth-order valence-corrected chi connectivity index (χ4v) is 3.49. The van der Waals surface area contributed by atoms with Gasteiger partial charge in [0.15, 0.2) is 5.69 Å². The zero-order valence-corrected chi connectivity index (χ0v) is 18.7. The molecule has 1 aromatic carbocycles. The minimum atomic E-state index is -4.73. The molecular weight excluding hydrogens is 449 g/mol. The topological polar surface area (TPSA) is 67.7 Å². The van der Waals surface area contributed by atoms with E-state index in [0.717, 1.165) is 10.7 Å². The maximum Gasteiger partial charge on any atom is 0.435 e. The predicted octanol–water partition coefficient (Wildman–Crippen LogP) is 4.63. The van der Waals surface area contributed by atoms with Crippen molar-refractivity contribution in [2.75, 3.05) is 26.2 Å². The number of ether oxygens (including phenoxy) is 1. The van der Waals surface area contributed by atoms with Crippen molar-refractivity contribution in [2.45, 2.75) is 39.0 Å². The van der Waals surface area contributed by atoms with Crippen LogP contribution in [0.15, 0.2) is 30.3 Å². The minimum Gasteiger partial charge on any atom is -0.444 e. The van der Waals surface area contributed by atoms with Gasteiger partial charge in [0.25, 0.3) is 5.91 Å². The third-order valence-corrected chi connectivity index (χ3v) is 5.05. The molecule has 0 spiro atoms. The van der Waals surface area contributed by atoms with Crippen LogP contribution < -0.4 is 0 Å². The number of alkyl halides is 3. The fourth-order valence-electron chi connectivity index (χ4n) is 3.27. The highest BCUT2D eigenvalue weighted by Gasteiger charge is 2.37. The van der Waals surface area contributed by atoms with Gasteiger partial charge in [-0.25, -0.2) is 9.48 Å². The Balaban J connectivity index is 1.86. The molecule has 0 saturated carbocycles. The van der Waals surface area contributed by atoms with Crippen molar-refractivity contribution in [1.82, 2.24) is 19.6 Å². The summed E-state index contributed by atoms with van der Waals surface area (Å²) in [6.07, 6.45) is -4.77. The third kappa shape index (κ3) is 5.53. The molecule has 0 bridgehead atoms. The number of rotatable bonds is 2. The molecule has 7 nitrogen and oxygen atoms in total. The van der Waals surface area contributed by atoms with E-state index < -0.39 is 29.5 Å². The molecule has 32 heavy (non-hydrogen) atoms. The second-order valence-corrected chi connectivity index (χ2v) is 8.80. The largest absolute Gasteiger partial charge is 0.444 e. The number of carbonyl (C=O) groups excluding carboxylic acids is 2. The molecule has 0 atom stereocenters. The molecule has 1 saturated heterocycles. The second-order valence-electron chi connectivity index (χ2n) is 8.39. The van der Waals surface area contributed by atoms with Crippen LogP contribution in [0.3, 0.4) is 0 Å². The average molecular weight is 473 g/mol. The molecule has 1 aliphatic rings. The van der Waals surface area contributed by atoms with Gasteiger partial charge in [-0.15, -0.1) is 0 Å². The lowest BCUT2D eigenvalue weighted by molar-refractivity contribution is -0.141. The first kappa shape index (κ1) is 23.9.